The van der Waals surface area contributed by atoms with Crippen molar-refractivity contribution in [2.75, 3.05) is 13.2 Å². The second kappa shape index (κ2) is 6.51. The van der Waals surface area contributed by atoms with Gasteiger partial charge in [-0.05, 0) is 13.8 Å². The van der Waals surface area contributed by atoms with Gasteiger partial charge in [-0.25, -0.2) is 0 Å². The first kappa shape index (κ1) is 12.0. The predicted octanol–water partition coefficient (Wildman–Crippen LogP) is 0.316. The van der Waals surface area contributed by atoms with Crippen LogP contribution in [0.5, 0.6) is 0 Å². The normalized spacial score (nSPS) is 9.77. The van der Waals surface area contributed by atoms with Crippen LogP contribution in [0.1, 0.15) is 13.8 Å². The largest absolute Gasteiger partial charge is 0.465 e. The molecule has 0 aromatic rings. The van der Waals surface area contributed by atoms with E-state index in [1.165, 1.54) is 0 Å². The summed E-state index contributed by atoms with van der Waals surface area (Å²) >= 11 is 0. The molecule has 0 aliphatic heterocycles. The molecule has 72 valence electrons. The van der Waals surface area contributed by atoms with Crippen molar-refractivity contribution in [2.24, 2.45) is 5.92 Å². The van der Waals surface area contributed by atoms with Crippen LogP contribution in [0.15, 0.2) is 0 Å². The van der Waals surface area contributed by atoms with Crippen molar-refractivity contribution < 1.29 is 19.1 Å². The number of hydrogen-bond donors (Lipinski definition) is 0. The fourth-order valence-electron chi connectivity index (χ4n) is 0.774. The summed E-state index contributed by atoms with van der Waals surface area (Å²) in [6.45, 7) is 3.79. The Morgan fingerprint density at radius 3 is 1.77 bits per heavy atom. The van der Waals surface area contributed by atoms with Gasteiger partial charge in [-0.1, -0.05) is 6.32 Å². The lowest BCUT2D eigenvalue weighted by Gasteiger charge is -2.11. The molecule has 2 radical (unpaired) electrons. The summed E-state index contributed by atoms with van der Waals surface area (Å²) in [5.74, 6) is -2.23. The van der Waals surface area contributed by atoms with Gasteiger partial charge in [-0.2, -0.15) is 0 Å². The van der Waals surface area contributed by atoms with Crippen LogP contribution >= 0.6 is 0 Å². The molecular weight excluding hydrogens is 171 g/mol. The van der Waals surface area contributed by atoms with E-state index in [-0.39, 0.29) is 19.5 Å². The summed E-state index contributed by atoms with van der Waals surface area (Å²) in [4.78, 5) is 22.2. The van der Waals surface area contributed by atoms with Gasteiger partial charge in [0, 0.05) is 0 Å². The Balaban J connectivity index is 4.15. The van der Waals surface area contributed by atoms with Crippen molar-refractivity contribution in [3.05, 3.63) is 0 Å². The molecular formula is C8H13BO4. The fourth-order valence-corrected chi connectivity index (χ4v) is 0.774. The summed E-state index contributed by atoms with van der Waals surface area (Å²) in [6, 6.07) is 0. The Hall–Kier alpha value is -0.995. The van der Waals surface area contributed by atoms with Gasteiger partial charge < -0.3 is 9.47 Å². The van der Waals surface area contributed by atoms with E-state index in [1.807, 2.05) is 0 Å². The molecule has 13 heavy (non-hydrogen) atoms. The van der Waals surface area contributed by atoms with E-state index < -0.39 is 17.9 Å². The molecule has 0 N–H and O–H groups in total. The summed E-state index contributed by atoms with van der Waals surface area (Å²) in [5, 5.41) is 0. The summed E-state index contributed by atoms with van der Waals surface area (Å²) < 4.78 is 9.29. The van der Waals surface area contributed by atoms with Crippen molar-refractivity contribution in [2.45, 2.75) is 20.2 Å². The van der Waals surface area contributed by atoms with Gasteiger partial charge in [0.2, 0.25) is 0 Å². The molecule has 0 aromatic heterocycles. The average molecular weight is 184 g/mol. The third-order valence-electron chi connectivity index (χ3n) is 1.38. The van der Waals surface area contributed by atoms with Gasteiger partial charge in [-0.15, -0.1) is 0 Å². The van der Waals surface area contributed by atoms with Crippen molar-refractivity contribution in [3.63, 3.8) is 0 Å². The molecule has 0 heterocycles. The Bertz CT molecular complexity index is 163. The third-order valence-corrected chi connectivity index (χ3v) is 1.38. The number of esters is 2. The van der Waals surface area contributed by atoms with Gasteiger partial charge in [0.15, 0.2) is 0 Å². The van der Waals surface area contributed by atoms with E-state index in [4.69, 9.17) is 7.85 Å². The first-order valence-corrected chi connectivity index (χ1v) is 4.20. The molecule has 0 fully saturated rings. The summed E-state index contributed by atoms with van der Waals surface area (Å²) in [7, 11) is 5.23. The number of rotatable bonds is 5. The Morgan fingerprint density at radius 2 is 1.54 bits per heavy atom. The quantitative estimate of drug-likeness (QED) is 0.350. The fraction of sp³-hybridized carbons (Fsp3) is 0.750. The molecule has 0 amide bonds. The van der Waals surface area contributed by atoms with Crippen LogP contribution in [0, 0.1) is 5.92 Å². The van der Waals surface area contributed by atoms with Crippen LogP contribution < -0.4 is 0 Å². The summed E-state index contributed by atoms with van der Waals surface area (Å²) in [6.07, 6.45) is -0.0856. The molecule has 0 atom stereocenters. The number of carbonyl (C=O) groups is 2. The van der Waals surface area contributed by atoms with E-state index in [9.17, 15) is 9.59 Å². The standard InChI is InChI=1S/C8H13BO4/c1-3-12-7(10)6(5-9)8(11)13-4-2/h6H,3-5H2,1-2H3. The molecule has 0 unspecified atom stereocenters. The lowest BCUT2D eigenvalue weighted by Crippen LogP contribution is -2.27. The van der Waals surface area contributed by atoms with Crippen molar-refractivity contribution >= 4 is 19.8 Å². The molecule has 0 spiro atoms. The van der Waals surface area contributed by atoms with Crippen LogP contribution in [0.4, 0.5) is 0 Å². The van der Waals surface area contributed by atoms with E-state index in [0.29, 0.717) is 0 Å². The lowest BCUT2D eigenvalue weighted by molar-refractivity contribution is -0.160. The smallest absolute Gasteiger partial charge is 0.319 e. The molecule has 0 aliphatic rings. The van der Waals surface area contributed by atoms with Gasteiger partial charge in [-0.3, -0.25) is 9.59 Å². The molecule has 0 rings (SSSR count). The van der Waals surface area contributed by atoms with Gasteiger partial charge in [0.05, 0.1) is 21.1 Å². The SMILES string of the molecule is [B]CC(C(=O)OCC)C(=O)OCC. The highest BCUT2D eigenvalue weighted by Gasteiger charge is 2.26. The average Bonchev–Trinajstić information content (AvgIpc) is 2.06. The van der Waals surface area contributed by atoms with Crippen molar-refractivity contribution in [1.82, 2.24) is 0 Å². The van der Waals surface area contributed by atoms with Crippen LogP contribution in [0.2, 0.25) is 6.32 Å². The minimum absolute atomic E-state index is 0.0856. The van der Waals surface area contributed by atoms with Crippen LogP contribution in [0.25, 0.3) is 0 Å². The highest BCUT2D eigenvalue weighted by molar-refractivity contribution is 6.13. The van der Waals surface area contributed by atoms with E-state index >= 15 is 0 Å². The molecule has 5 heteroatoms. The van der Waals surface area contributed by atoms with Crippen LogP contribution in [0.3, 0.4) is 0 Å². The van der Waals surface area contributed by atoms with Crippen LogP contribution in [-0.2, 0) is 19.1 Å². The first-order chi connectivity index (χ1) is 6.17. The Kier molecular flexibility index (Phi) is 6.01. The second-order valence-electron chi connectivity index (χ2n) is 2.29. The topological polar surface area (TPSA) is 52.6 Å². The molecule has 0 aliphatic carbocycles. The Morgan fingerprint density at radius 1 is 1.15 bits per heavy atom. The predicted molar refractivity (Wildman–Crippen MR) is 47.3 cm³/mol. The zero-order valence-corrected chi connectivity index (χ0v) is 7.91. The zero-order chi connectivity index (χ0) is 10.3. The zero-order valence-electron chi connectivity index (χ0n) is 7.91. The lowest BCUT2D eigenvalue weighted by atomic mass is 9.91. The minimum Gasteiger partial charge on any atom is -0.465 e. The maximum absolute atomic E-state index is 11.1. The number of hydrogen-bond acceptors (Lipinski definition) is 4. The monoisotopic (exact) mass is 184 g/mol. The maximum Gasteiger partial charge on any atom is 0.319 e. The second-order valence-corrected chi connectivity index (χ2v) is 2.29. The van der Waals surface area contributed by atoms with Gasteiger partial charge in [0.1, 0.15) is 5.92 Å². The first-order valence-electron chi connectivity index (χ1n) is 4.20. The molecule has 0 bridgehead atoms. The Labute approximate surface area is 79.0 Å². The minimum atomic E-state index is -0.986. The molecule has 4 nitrogen and oxygen atoms in total. The molecule has 0 saturated carbocycles. The highest BCUT2D eigenvalue weighted by Crippen LogP contribution is 2.07. The van der Waals surface area contributed by atoms with Crippen molar-refractivity contribution in [1.29, 1.82) is 0 Å². The molecule has 0 aromatic carbocycles. The number of carbonyl (C=O) groups excluding carboxylic acids is 2. The highest BCUT2D eigenvalue weighted by atomic mass is 16.6. The van der Waals surface area contributed by atoms with Crippen LogP contribution in [-0.4, -0.2) is 33.0 Å². The van der Waals surface area contributed by atoms with E-state index in [0.717, 1.165) is 0 Å². The van der Waals surface area contributed by atoms with E-state index in [1.54, 1.807) is 13.8 Å². The summed E-state index contributed by atoms with van der Waals surface area (Å²) in [5.41, 5.74) is 0. The van der Waals surface area contributed by atoms with Crippen molar-refractivity contribution in [3.8, 4) is 0 Å². The number of ether oxygens (including phenoxy) is 2. The third kappa shape index (κ3) is 3.96. The molecule has 0 saturated heterocycles. The van der Waals surface area contributed by atoms with E-state index in [2.05, 4.69) is 9.47 Å². The maximum atomic E-state index is 11.1. The van der Waals surface area contributed by atoms with Gasteiger partial charge >= 0.3 is 11.9 Å². The van der Waals surface area contributed by atoms with Gasteiger partial charge in [0.25, 0.3) is 0 Å².